The maximum atomic E-state index is 13.4. The second-order valence-corrected chi connectivity index (χ2v) is 7.21. The van der Waals surface area contributed by atoms with Crippen LogP contribution >= 0.6 is 11.3 Å². The van der Waals surface area contributed by atoms with Crippen LogP contribution in [0.25, 0.3) is 11.0 Å². The molecule has 0 saturated heterocycles. The molecule has 1 aliphatic heterocycles. The maximum absolute atomic E-state index is 13.4. The van der Waals surface area contributed by atoms with Crippen molar-refractivity contribution in [1.29, 1.82) is 0 Å². The van der Waals surface area contributed by atoms with Gasteiger partial charge in [0.1, 0.15) is 11.3 Å². The minimum atomic E-state index is -0.586. The molecule has 6 nitrogen and oxygen atoms in total. The molecule has 0 radical (unpaired) electrons. The monoisotopic (exact) mass is 390 g/mol. The molecule has 1 atom stereocenters. The Balaban J connectivity index is 1.82. The first-order valence-corrected chi connectivity index (χ1v) is 9.49. The summed E-state index contributed by atoms with van der Waals surface area (Å²) in [4.78, 5) is 32.5. The van der Waals surface area contributed by atoms with E-state index in [1.807, 2.05) is 30.3 Å². The molecule has 2 aromatic heterocycles. The number of amides is 1. The number of hydrogen-bond donors (Lipinski definition) is 0. The van der Waals surface area contributed by atoms with Crippen molar-refractivity contribution in [1.82, 2.24) is 4.98 Å². The van der Waals surface area contributed by atoms with Gasteiger partial charge in [0.25, 0.3) is 5.91 Å². The zero-order valence-corrected chi connectivity index (χ0v) is 15.6. The summed E-state index contributed by atoms with van der Waals surface area (Å²) in [5, 5.41) is 2.73. The number of methoxy groups -OCH3 is 1. The molecular formula is C21H14N2O4S. The van der Waals surface area contributed by atoms with Crippen LogP contribution < -0.4 is 15.1 Å². The molecule has 1 amide bonds. The highest BCUT2D eigenvalue weighted by Gasteiger charge is 2.44. The van der Waals surface area contributed by atoms with Crippen LogP contribution in [0.3, 0.4) is 0 Å². The Kier molecular flexibility index (Phi) is 3.77. The molecule has 2 aromatic carbocycles. The molecular weight excluding hydrogens is 376 g/mol. The Morgan fingerprint density at radius 1 is 1.14 bits per heavy atom. The first-order chi connectivity index (χ1) is 13.7. The van der Waals surface area contributed by atoms with Crippen LogP contribution in [-0.2, 0) is 0 Å². The summed E-state index contributed by atoms with van der Waals surface area (Å²) in [5.74, 6) is 0.230. The number of hydrogen-bond acceptors (Lipinski definition) is 6. The van der Waals surface area contributed by atoms with Crippen molar-refractivity contribution in [2.75, 3.05) is 12.0 Å². The number of ether oxygens (including phenoxy) is 1. The topological polar surface area (TPSA) is 72.6 Å². The van der Waals surface area contributed by atoms with Crippen molar-refractivity contribution in [2.45, 2.75) is 6.04 Å². The predicted octanol–water partition coefficient (Wildman–Crippen LogP) is 4.01. The molecule has 0 unspecified atom stereocenters. The number of thiazole rings is 1. The van der Waals surface area contributed by atoms with Gasteiger partial charge in [0.2, 0.25) is 5.76 Å². The lowest BCUT2D eigenvalue weighted by molar-refractivity contribution is 0.0971. The van der Waals surface area contributed by atoms with E-state index in [1.165, 1.54) is 23.3 Å². The lowest BCUT2D eigenvalue weighted by atomic mass is 9.99. The van der Waals surface area contributed by atoms with Crippen LogP contribution in [0, 0.1) is 0 Å². The summed E-state index contributed by atoms with van der Waals surface area (Å²) in [5.41, 5.74) is 1.26. The smallest absolute Gasteiger partial charge is 0.297 e. The number of benzene rings is 2. The van der Waals surface area contributed by atoms with E-state index >= 15 is 0 Å². The largest absolute Gasteiger partial charge is 0.497 e. The highest BCUT2D eigenvalue weighted by Crippen LogP contribution is 2.41. The first kappa shape index (κ1) is 16.7. The van der Waals surface area contributed by atoms with Crippen LogP contribution in [0.1, 0.15) is 27.7 Å². The molecule has 4 aromatic rings. The Bertz CT molecular complexity index is 1250. The molecule has 1 aliphatic rings. The highest BCUT2D eigenvalue weighted by molar-refractivity contribution is 7.13. The number of rotatable bonds is 3. The fourth-order valence-corrected chi connectivity index (χ4v) is 4.23. The van der Waals surface area contributed by atoms with Crippen LogP contribution in [-0.4, -0.2) is 18.0 Å². The number of aromatic nitrogens is 1. The highest BCUT2D eigenvalue weighted by atomic mass is 32.1. The Morgan fingerprint density at radius 3 is 2.68 bits per heavy atom. The van der Waals surface area contributed by atoms with Gasteiger partial charge in [-0.2, -0.15) is 0 Å². The fourth-order valence-electron chi connectivity index (χ4n) is 3.56. The van der Waals surface area contributed by atoms with E-state index in [0.29, 0.717) is 27.4 Å². The van der Waals surface area contributed by atoms with Gasteiger partial charge in [0.05, 0.1) is 24.1 Å². The van der Waals surface area contributed by atoms with Crippen molar-refractivity contribution < 1.29 is 13.9 Å². The Labute approximate surface area is 163 Å². The Hall–Kier alpha value is -3.45. The van der Waals surface area contributed by atoms with Gasteiger partial charge in [-0.05, 0) is 17.7 Å². The van der Waals surface area contributed by atoms with E-state index < -0.39 is 6.04 Å². The third-order valence-corrected chi connectivity index (χ3v) is 5.59. The van der Waals surface area contributed by atoms with Crippen molar-refractivity contribution in [3.8, 4) is 5.75 Å². The van der Waals surface area contributed by atoms with E-state index in [4.69, 9.17) is 9.15 Å². The second kappa shape index (κ2) is 6.31. The van der Waals surface area contributed by atoms with E-state index in [-0.39, 0.29) is 17.1 Å². The molecule has 5 rings (SSSR count). The third-order valence-electron chi connectivity index (χ3n) is 4.82. The number of nitrogens with zero attached hydrogens (tertiary/aromatic N) is 2. The SMILES string of the molecule is COc1ccc2c(=O)c3c(oc2c1)C(=O)N(c1nccs1)[C@@H]3c1ccccc1. The van der Waals surface area contributed by atoms with E-state index in [1.54, 1.807) is 29.8 Å². The molecule has 0 spiro atoms. The number of anilines is 1. The number of fused-ring (bicyclic) bond motifs is 2. The van der Waals surface area contributed by atoms with Crippen LogP contribution in [0.4, 0.5) is 5.13 Å². The maximum Gasteiger partial charge on any atom is 0.297 e. The second-order valence-electron chi connectivity index (χ2n) is 6.34. The van der Waals surface area contributed by atoms with Crippen molar-refractivity contribution in [2.24, 2.45) is 0 Å². The molecule has 0 bridgehead atoms. The molecule has 28 heavy (non-hydrogen) atoms. The summed E-state index contributed by atoms with van der Waals surface area (Å²) in [6.45, 7) is 0. The van der Waals surface area contributed by atoms with E-state index in [0.717, 1.165) is 5.56 Å². The lowest BCUT2D eigenvalue weighted by Crippen LogP contribution is -2.29. The van der Waals surface area contributed by atoms with Gasteiger partial charge in [0, 0.05) is 17.6 Å². The molecule has 3 heterocycles. The third kappa shape index (κ3) is 2.36. The van der Waals surface area contributed by atoms with Gasteiger partial charge in [-0.1, -0.05) is 30.3 Å². The van der Waals surface area contributed by atoms with Gasteiger partial charge < -0.3 is 9.15 Å². The minimum Gasteiger partial charge on any atom is -0.497 e. The minimum absolute atomic E-state index is 0.0507. The zero-order chi connectivity index (χ0) is 19.3. The number of carbonyl (C=O) groups is 1. The molecule has 0 N–H and O–H groups in total. The molecule has 7 heteroatoms. The molecule has 0 aliphatic carbocycles. The normalized spacial score (nSPS) is 15.8. The van der Waals surface area contributed by atoms with E-state index in [2.05, 4.69) is 4.98 Å². The van der Waals surface area contributed by atoms with Gasteiger partial charge in [-0.25, -0.2) is 4.98 Å². The average molecular weight is 390 g/mol. The van der Waals surface area contributed by atoms with E-state index in [9.17, 15) is 9.59 Å². The van der Waals surface area contributed by atoms with Gasteiger partial charge >= 0.3 is 0 Å². The fraction of sp³-hybridized carbons (Fsp3) is 0.0952. The van der Waals surface area contributed by atoms with Gasteiger partial charge in [-0.15, -0.1) is 11.3 Å². The predicted molar refractivity (Wildman–Crippen MR) is 106 cm³/mol. The zero-order valence-electron chi connectivity index (χ0n) is 14.8. The average Bonchev–Trinajstić information content (AvgIpc) is 3.35. The molecule has 0 fully saturated rings. The quantitative estimate of drug-likeness (QED) is 0.529. The Morgan fingerprint density at radius 2 is 1.96 bits per heavy atom. The van der Waals surface area contributed by atoms with Crippen molar-refractivity contribution in [3.63, 3.8) is 0 Å². The standard InChI is InChI=1S/C21H14N2O4S/c1-26-13-7-8-14-15(11-13)27-19-16(18(14)24)17(12-5-3-2-4-6-12)23(20(19)25)21-22-9-10-28-21/h2-11,17H,1H3/t17-/m1/s1. The number of carbonyl (C=O) groups excluding carboxylic acids is 1. The first-order valence-electron chi connectivity index (χ1n) is 8.62. The summed E-state index contributed by atoms with van der Waals surface area (Å²) < 4.78 is 11.1. The van der Waals surface area contributed by atoms with Gasteiger partial charge in [-0.3, -0.25) is 14.5 Å². The van der Waals surface area contributed by atoms with Crippen molar-refractivity contribution in [3.05, 3.63) is 87.2 Å². The summed E-state index contributed by atoms with van der Waals surface area (Å²) in [7, 11) is 1.54. The van der Waals surface area contributed by atoms with Crippen molar-refractivity contribution >= 4 is 33.3 Å². The molecule has 138 valence electrons. The lowest BCUT2D eigenvalue weighted by Gasteiger charge is -2.22. The molecule has 0 saturated carbocycles. The summed E-state index contributed by atoms with van der Waals surface area (Å²) >= 11 is 1.34. The van der Waals surface area contributed by atoms with Crippen LogP contribution in [0.5, 0.6) is 5.75 Å². The summed E-state index contributed by atoms with van der Waals surface area (Å²) in [6.07, 6.45) is 1.63. The van der Waals surface area contributed by atoms with Crippen LogP contribution in [0.15, 0.2) is 69.3 Å². The van der Waals surface area contributed by atoms with Crippen LogP contribution in [0.2, 0.25) is 0 Å². The van der Waals surface area contributed by atoms with Gasteiger partial charge in [0.15, 0.2) is 10.6 Å². The summed E-state index contributed by atoms with van der Waals surface area (Å²) in [6, 6.07) is 13.8.